The Balaban J connectivity index is 0.000000305. The highest BCUT2D eigenvalue weighted by Gasteiger charge is 2.23. The molecule has 0 aromatic carbocycles. The fourth-order valence-corrected chi connectivity index (χ4v) is 7.73. The number of aryl methyl sites for hydroxylation is 5. The first-order valence-electron chi connectivity index (χ1n) is 22.2. The van der Waals surface area contributed by atoms with Gasteiger partial charge in [0.05, 0.1) is 0 Å². The molecular formula is C45H63Br3Cl2N10O11. The Morgan fingerprint density at radius 2 is 0.901 bits per heavy atom. The molecule has 394 valence electrons. The summed E-state index contributed by atoms with van der Waals surface area (Å²) in [5, 5.41) is 0.119. The van der Waals surface area contributed by atoms with E-state index in [9.17, 15) is 47.9 Å². The van der Waals surface area contributed by atoms with Crippen molar-refractivity contribution in [1.82, 2.24) is 47.8 Å². The first-order chi connectivity index (χ1) is 32.5. The van der Waals surface area contributed by atoms with Gasteiger partial charge in [-0.2, -0.15) is 0 Å². The lowest BCUT2D eigenvalue weighted by Crippen LogP contribution is -2.45. The van der Waals surface area contributed by atoms with E-state index in [2.05, 4.69) is 72.7 Å². The van der Waals surface area contributed by atoms with E-state index in [0.29, 0.717) is 54.9 Å². The Hall–Kier alpha value is -4.62. The Morgan fingerprint density at radius 3 is 1.31 bits per heavy atom. The Kier molecular flexibility index (Phi) is 22.8. The molecule has 0 amide bonds. The zero-order valence-corrected chi connectivity index (χ0v) is 48.7. The summed E-state index contributed by atoms with van der Waals surface area (Å²) in [5.41, 5.74) is -2.32. The van der Waals surface area contributed by atoms with E-state index >= 15 is 0 Å². The van der Waals surface area contributed by atoms with Crippen molar-refractivity contribution in [3.63, 3.8) is 0 Å². The van der Waals surface area contributed by atoms with Crippen molar-refractivity contribution < 1.29 is 4.74 Å². The molecule has 1 aliphatic heterocycles. The number of H-pyrrole nitrogens is 5. The van der Waals surface area contributed by atoms with Crippen LogP contribution in [-0.4, -0.2) is 54.4 Å². The second kappa shape index (κ2) is 25.9. The smallest absolute Gasteiger partial charge is 0.330 e. The summed E-state index contributed by atoms with van der Waals surface area (Å²) in [7, 11) is 0. The summed E-state index contributed by atoms with van der Waals surface area (Å²) < 4.78 is 12.4. The molecule has 0 radical (unpaired) electrons. The summed E-state index contributed by atoms with van der Waals surface area (Å²) in [6.07, 6.45) is 2.84. The van der Waals surface area contributed by atoms with Gasteiger partial charge in [0.25, 0.3) is 27.8 Å². The maximum atomic E-state index is 11.8. The lowest BCUT2D eigenvalue weighted by atomic mass is 10.1. The standard InChI is InChI=1S/C10H13ClN2O3.2C9H13BrN2O2.C9H13ClN2O2.C8H11BrN2O2/c1-6-8(11)9(14)13(10(15)12-6)7-4-2-3-5-16-7;1-5-6(10)7(13)12(8(14)11-5)9(2,3)4;1-4-5(2)12-8(13)7(10)6(3)11-9(12)14;1-5-6(10)7(13)12(8(14)11-5)9(2,3)4;1-4(2)11-7(12)6(9)5(3)10-8(11)13/h7H,2-5H2,1H3,(H,12,15);1-4H3,(H,11,14);5H,4H2,1-3H3,(H,11,14);1-4H3,(H,11,14);4H,1-3H3,(H,10,13). The van der Waals surface area contributed by atoms with Gasteiger partial charge in [0, 0.05) is 58.2 Å². The van der Waals surface area contributed by atoms with Crippen LogP contribution in [0.15, 0.2) is 61.4 Å². The van der Waals surface area contributed by atoms with Crippen LogP contribution < -0.4 is 56.2 Å². The maximum Gasteiger partial charge on any atom is 0.330 e. The van der Waals surface area contributed by atoms with Gasteiger partial charge in [-0.1, -0.05) is 30.1 Å². The molecule has 2 atom stereocenters. The third-order valence-corrected chi connectivity index (χ3v) is 14.2. The van der Waals surface area contributed by atoms with E-state index in [-0.39, 0.29) is 55.9 Å². The molecule has 0 bridgehead atoms. The van der Waals surface area contributed by atoms with Crippen molar-refractivity contribution in [2.45, 2.75) is 159 Å². The van der Waals surface area contributed by atoms with Gasteiger partial charge in [-0.3, -0.25) is 42.2 Å². The number of hydrogen-bond acceptors (Lipinski definition) is 11. The molecule has 0 saturated carbocycles. The zero-order valence-electron chi connectivity index (χ0n) is 42.4. The van der Waals surface area contributed by atoms with E-state index in [1.807, 2.05) is 34.6 Å². The number of aromatic amines is 5. The van der Waals surface area contributed by atoms with Crippen LogP contribution in [0.1, 0.15) is 142 Å². The van der Waals surface area contributed by atoms with Crippen molar-refractivity contribution >= 4 is 71.0 Å². The first kappa shape index (κ1) is 62.5. The summed E-state index contributed by atoms with van der Waals surface area (Å²) >= 11 is 21.0. The lowest BCUT2D eigenvalue weighted by Gasteiger charge is -2.23. The molecule has 1 aliphatic rings. The number of nitrogens with one attached hydrogen (secondary N) is 5. The molecule has 1 saturated heterocycles. The molecule has 5 aromatic heterocycles. The SMILES string of the molecule is CCC(C)n1c(=O)[nH]c(C)c(Br)c1=O.Cc1[nH]c(=O)n(C(C)(C)C)c(=O)c1Br.Cc1[nH]c(=O)n(C(C)(C)C)c(=O)c1Cl.Cc1[nH]c(=O)n(C(C)C)c(=O)c1Br.Cc1[nH]c(=O)n(C2CCCCO2)c(=O)c1Cl. The van der Waals surface area contributed by atoms with E-state index in [4.69, 9.17) is 27.9 Å². The number of halogens is 5. The summed E-state index contributed by atoms with van der Waals surface area (Å²) in [4.78, 5) is 129. The number of rotatable bonds is 4. The summed E-state index contributed by atoms with van der Waals surface area (Å²) in [6, 6.07) is -0.212. The molecule has 6 rings (SSSR count). The largest absolute Gasteiger partial charge is 0.358 e. The van der Waals surface area contributed by atoms with Crippen molar-refractivity contribution in [2.75, 3.05) is 6.61 Å². The molecule has 71 heavy (non-hydrogen) atoms. The molecule has 21 nitrogen and oxygen atoms in total. The Labute approximate surface area is 442 Å². The minimum atomic E-state index is -0.567. The average molecular weight is 1230 g/mol. The molecule has 0 spiro atoms. The van der Waals surface area contributed by atoms with E-state index < -0.39 is 39.8 Å². The minimum absolute atomic E-state index is 0.0498. The fraction of sp³-hybridized carbons (Fsp3) is 0.556. The molecule has 26 heteroatoms. The van der Waals surface area contributed by atoms with E-state index in [0.717, 1.165) is 28.4 Å². The highest BCUT2D eigenvalue weighted by atomic mass is 79.9. The average Bonchev–Trinajstić information content (AvgIpc) is 3.25. The second-order valence-corrected chi connectivity index (χ2v) is 21.8. The van der Waals surface area contributed by atoms with Crippen LogP contribution >= 0.6 is 71.0 Å². The second-order valence-electron chi connectivity index (χ2n) is 18.7. The Morgan fingerprint density at radius 1 is 0.535 bits per heavy atom. The molecule has 2 unspecified atom stereocenters. The van der Waals surface area contributed by atoms with Crippen molar-refractivity contribution in [2.24, 2.45) is 0 Å². The van der Waals surface area contributed by atoms with E-state index in [1.54, 1.807) is 69.2 Å². The van der Waals surface area contributed by atoms with Gasteiger partial charge < -0.3 is 29.7 Å². The quantitative estimate of drug-likeness (QED) is 0.128. The normalized spacial score (nSPS) is 13.9. The number of hydrogen-bond donors (Lipinski definition) is 5. The number of nitrogens with zero attached hydrogens (tertiary/aromatic N) is 5. The van der Waals surface area contributed by atoms with Crippen LogP contribution in [-0.2, 0) is 15.8 Å². The number of aromatic nitrogens is 10. The van der Waals surface area contributed by atoms with Crippen LogP contribution in [0.2, 0.25) is 10.0 Å². The van der Waals surface area contributed by atoms with Crippen LogP contribution in [0, 0.1) is 34.6 Å². The molecule has 0 aliphatic carbocycles. The van der Waals surface area contributed by atoms with Gasteiger partial charge in [0.15, 0.2) is 0 Å². The Bertz CT molecular complexity index is 3250. The predicted octanol–water partition coefficient (Wildman–Crippen LogP) is 6.58. The summed E-state index contributed by atoms with van der Waals surface area (Å²) in [5.74, 6) is 0. The molecular weight excluding hydrogens is 1170 g/mol. The molecule has 6 heterocycles. The highest BCUT2D eigenvalue weighted by Crippen LogP contribution is 2.20. The predicted molar refractivity (Wildman–Crippen MR) is 288 cm³/mol. The highest BCUT2D eigenvalue weighted by molar-refractivity contribution is 9.11. The van der Waals surface area contributed by atoms with Gasteiger partial charge in [-0.25, -0.2) is 28.5 Å². The van der Waals surface area contributed by atoms with E-state index in [1.165, 1.54) is 13.7 Å². The third kappa shape index (κ3) is 15.7. The van der Waals surface area contributed by atoms with Gasteiger partial charge >= 0.3 is 28.4 Å². The molecule has 5 aromatic rings. The number of ether oxygens (including phenoxy) is 1. The lowest BCUT2D eigenvalue weighted by molar-refractivity contribution is -0.0367. The van der Waals surface area contributed by atoms with Gasteiger partial charge in [0.1, 0.15) is 29.7 Å². The topological polar surface area (TPSA) is 284 Å². The van der Waals surface area contributed by atoms with Gasteiger partial charge in [0.2, 0.25) is 0 Å². The van der Waals surface area contributed by atoms with Crippen molar-refractivity contribution in [3.8, 4) is 0 Å². The molecule has 5 N–H and O–H groups in total. The fourth-order valence-electron chi connectivity index (χ4n) is 6.60. The monoisotopic (exact) mass is 1230 g/mol. The van der Waals surface area contributed by atoms with Crippen LogP contribution in [0.4, 0.5) is 0 Å². The van der Waals surface area contributed by atoms with Crippen molar-refractivity contribution in [1.29, 1.82) is 0 Å². The first-order valence-corrected chi connectivity index (χ1v) is 25.4. The zero-order chi connectivity index (χ0) is 54.9. The van der Waals surface area contributed by atoms with Gasteiger partial charge in [-0.05, 0) is 170 Å². The van der Waals surface area contributed by atoms with Crippen LogP contribution in [0.3, 0.4) is 0 Å². The molecule has 1 fully saturated rings. The van der Waals surface area contributed by atoms with Crippen molar-refractivity contribution in [3.05, 3.63) is 156 Å². The van der Waals surface area contributed by atoms with Gasteiger partial charge in [-0.15, -0.1) is 0 Å². The summed E-state index contributed by atoms with van der Waals surface area (Å²) in [6.45, 7) is 26.9. The van der Waals surface area contributed by atoms with Crippen LogP contribution in [0.5, 0.6) is 0 Å². The minimum Gasteiger partial charge on any atom is -0.358 e. The van der Waals surface area contributed by atoms with Crippen LogP contribution in [0.25, 0.3) is 0 Å². The maximum absolute atomic E-state index is 11.8. The third-order valence-electron chi connectivity index (χ3n) is 10.5.